The van der Waals surface area contributed by atoms with Gasteiger partial charge in [0, 0.05) is 12.1 Å². The molecule has 1 aliphatic heterocycles. The van der Waals surface area contributed by atoms with Crippen LogP contribution in [0.3, 0.4) is 0 Å². The first kappa shape index (κ1) is 11.6. The zero-order valence-corrected chi connectivity index (χ0v) is 9.96. The average molecular weight is 244 g/mol. The van der Waals surface area contributed by atoms with E-state index in [0.717, 1.165) is 19.4 Å². The second kappa shape index (κ2) is 4.57. The Labute approximate surface area is 95.3 Å². The van der Waals surface area contributed by atoms with Crippen LogP contribution in [0.5, 0.6) is 0 Å². The maximum Gasteiger partial charge on any atom is 0.274 e. The van der Waals surface area contributed by atoms with Crippen LogP contribution in [0, 0.1) is 0 Å². The Balaban J connectivity index is 2.09. The maximum absolute atomic E-state index is 11.9. The molecule has 1 fully saturated rings. The molecule has 0 spiro atoms. The predicted molar refractivity (Wildman–Crippen MR) is 59.5 cm³/mol. The molecule has 6 heteroatoms. The van der Waals surface area contributed by atoms with Gasteiger partial charge >= 0.3 is 0 Å². The topological polar surface area (TPSA) is 71.3 Å². The lowest BCUT2D eigenvalue weighted by atomic mass is 10.0. The van der Waals surface area contributed by atoms with Gasteiger partial charge in [-0.2, -0.15) is 0 Å². The van der Waals surface area contributed by atoms with E-state index in [4.69, 9.17) is 4.42 Å². The molecule has 90 valence electrons. The third-order valence-electron chi connectivity index (χ3n) is 2.83. The lowest BCUT2D eigenvalue weighted by molar-refractivity contribution is 0.345. The van der Waals surface area contributed by atoms with Crippen molar-refractivity contribution in [2.75, 3.05) is 6.54 Å². The minimum atomic E-state index is -3.51. The van der Waals surface area contributed by atoms with Crippen LogP contribution in [0.1, 0.15) is 19.8 Å². The van der Waals surface area contributed by atoms with Crippen LogP contribution in [0.15, 0.2) is 27.9 Å². The van der Waals surface area contributed by atoms with Crippen molar-refractivity contribution in [1.82, 2.24) is 10.0 Å². The van der Waals surface area contributed by atoms with Crippen LogP contribution >= 0.6 is 0 Å². The summed E-state index contributed by atoms with van der Waals surface area (Å²) in [6.45, 7) is 2.93. The molecule has 1 aliphatic rings. The molecule has 1 aromatic rings. The molecule has 2 heterocycles. The molecule has 0 saturated carbocycles. The first-order valence-electron chi connectivity index (χ1n) is 5.39. The van der Waals surface area contributed by atoms with Crippen molar-refractivity contribution in [3.63, 3.8) is 0 Å². The van der Waals surface area contributed by atoms with E-state index >= 15 is 0 Å². The molecule has 2 atom stereocenters. The van der Waals surface area contributed by atoms with E-state index in [1.807, 2.05) is 6.92 Å². The SMILES string of the molecule is CC1NCCCC1NS(=O)(=O)c1ccco1. The second-order valence-electron chi connectivity index (χ2n) is 4.04. The van der Waals surface area contributed by atoms with E-state index in [2.05, 4.69) is 10.0 Å². The van der Waals surface area contributed by atoms with Crippen LogP contribution in [0.25, 0.3) is 0 Å². The zero-order chi connectivity index (χ0) is 11.6. The van der Waals surface area contributed by atoms with Gasteiger partial charge in [0.05, 0.1) is 6.26 Å². The highest BCUT2D eigenvalue weighted by Crippen LogP contribution is 2.14. The summed E-state index contributed by atoms with van der Waals surface area (Å²) in [5.41, 5.74) is 0. The van der Waals surface area contributed by atoms with Gasteiger partial charge in [0.15, 0.2) is 0 Å². The van der Waals surface area contributed by atoms with Crippen molar-refractivity contribution in [3.05, 3.63) is 18.4 Å². The first-order chi connectivity index (χ1) is 7.59. The van der Waals surface area contributed by atoms with E-state index in [-0.39, 0.29) is 17.2 Å². The molecule has 0 aromatic carbocycles. The summed E-state index contributed by atoms with van der Waals surface area (Å²) < 4.78 is 31.3. The number of furan rings is 1. The van der Waals surface area contributed by atoms with Gasteiger partial charge in [0.2, 0.25) is 5.09 Å². The summed E-state index contributed by atoms with van der Waals surface area (Å²) in [7, 11) is -3.51. The number of nitrogens with one attached hydrogen (secondary N) is 2. The first-order valence-corrected chi connectivity index (χ1v) is 6.87. The Morgan fingerprint density at radius 3 is 3.00 bits per heavy atom. The summed E-state index contributed by atoms with van der Waals surface area (Å²) in [4.78, 5) is 0. The third kappa shape index (κ3) is 2.45. The molecule has 0 bridgehead atoms. The average Bonchev–Trinajstić information content (AvgIpc) is 2.75. The van der Waals surface area contributed by atoms with E-state index < -0.39 is 10.0 Å². The van der Waals surface area contributed by atoms with Gasteiger partial charge in [-0.1, -0.05) is 0 Å². The number of sulfonamides is 1. The molecule has 16 heavy (non-hydrogen) atoms. The highest BCUT2D eigenvalue weighted by Gasteiger charge is 2.27. The molecular formula is C10H16N2O3S. The molecule has 1 aromatic heterocycles. The van der Waals surface area contributed by atoms with Crippen LogP contribution in [-0.2, 0) is 10.0 Å². The Hall–Kier alpha value is -0.850. The van der Waals surface area contributed by atoms with Gasteiger partial charge in [-0.25, -0.2) is 13.1 Å². The van der Waals surface area contributed by atoms with Gasteiger partial charge in [-0.3, -0.25) is 0 Å². The number of hydrogen-bond acceptors (Lipinski definition) is 4. The van der Waals surface area contributed by atoms with Crippen molar-refractivity contribution < 1.29 is 12.8 Å². The molecule has 2 N–H and O–H groups in total. The molecule has 1 saturated heterocycles. The van der Waals surface area contributed by atoms with Gasteiger partial charge < -0.3 is 9.73 Å². The smallest absolute Gasteiger partial charge is 0.274 e. The maximum atomic E-state index is 11.9. The van der Waals surface area contributed by atoms with Crippen molar-refractivity contribution in [2.24, 2.45) is 0 Å². The monoisotopic (exact) mass is 244 g/mol. The summed E-state index contributed by atoms with van der Waals surface area (Å²) in [6.07, 6.45) is 3.20. The third-order valence-corrected chi connectivity index (χ3v) is 4.20. The molecule has 0 radical (unpaired) electrons. The Bertz CT molecular complexity index is 427. The normalized spacial score (nSPS) is 26.8. The molecule has 2 unspecified atom stereocenters. The minimum absolute atomic E-state index is 0.0229. The lowest BCUT2D eigenvalue weighted by Gasteiger charge is -2.29. The summed E-state index contributed by atoms with van der Waals surface area (Å²) in [6, 6.07) is 3.10. The van der Waals surface area contributed by atoms with Crippen molar-refractivity contribution in [3.8, 4) is 0 Å². The van der Waals surface area contributed by atoms with Gasteiger partial charge in [0.25, 0.3) is 10.0 Å². The number of piperidine rings is 1. The summed E-state index contributed by atoms with van der Waals surface area (Å²) >= 11 is 0. The molecule has 0 amide bonds. The van der Waals surface area contributed by atoms with E-state index in [0.29, 0.717) is 0 Å². The van der Waals surface area contributed by atoms with E-state index in [9.17, 15) is 8.42 Å². The fourth-order valence-electron chi connectivity index (χ4n) is 1.88. The highest BCUT2D eigenvalue weighted by molar-refractivity contribution is 7.89. The van der Waals surface area contributed by atoms with E-state index in [1.165, 1.54) is 12.3 Å². The highest BCUT2D eigenvalue weighted by atomic mass is 32.2. The standard InChI is InChI=1S/C10H16N2O3S/c1-8-9(4-2-6-11-8)12-16(13,14)10-5-3-7-15-10/h3,5,7-9,11-12H,2,4,6H2,1H3. The van der Waals surface area contributed by atoms with Crippen molar-refractivity contribution in [1.29, 1.82) is 0 Å². The molecule has 0 aliphatic carbocycles. The van der Waals surface area contributed by atoms with Crippen LogP contribution in [0.2, 0.25) is 0 Å². The lowest BCUT2D eigenvalue weighted by Crippen LogP contribution is -2.51. The van der Waals surface area contributed by atoms with Crippen LogP contribution in [-0.4, -0.2) is 27.0 Å². The number of hydrogen-bond donors (Lipinski definition) is 2. The van der Waals surface area contributed by atoms with Crippen molar-refractivity contribution in [2.45, 2.75) is 36.9 Å². The fourth-order valence-corrected chi connectivity index (χ4v) is 3.16. The Kier molecular flexibility index (Phi) is 3.32. The fraction of sp³-hybridized carbons (Fsp3) is 0.600. The Morgan fingerprint density at radius 2 is 2.38 bits per heavy atom. The summed E-state index contributed by atoms with van der Waals surface area (Å²) in [5, 5.41) is 3.22. The van der Waals surface area contributed by atoms with Crippen LogP contribution < -0.4 is 10.0 Å². The van der Waals surface area contributed by atoms with Gasteiger partial charge in [-0.15, -0.1) is 0 Å². The quantitative estimate of drug-likeness (QED) is 0.821. The van der Waals surface area contributed by atoms with E-state index in [1.54, 1.807) is 6.07 Å². The largest absolute Gasteiger partial charge is 0.452 e. The molecule has 5 nitrogen and oxygen atoms in total. The summed E-state index contributed by atoms with van der Waals surface area (Å²) in [5.74, 6) is 0. The number of rotatable bonds is 3. The van der Waals surface area contributed by atoms with Crippen molar-refractivity contribution >= 4 is 10.0 Å². The zero-order valence-electron chi connectivity index (χ0n) is 9.14. The van der Waals surface area contributed by atoms with Gasteiger partial charge in [-0.05, 0) is 38.4 Å². The molecule has 2 rings (SSSR count). The van der Waals surface area contributed by atoms with Gasteiger partial charge in [0.1, 0.15) is 0 Å². The predicted octanol–water partition coefficient (Wildman–Crippen LogP) is 0.698. The van der Waals surface area contributed by atoms with Crippen LogP contribution in [0.4, 0.5) is 0 Å². The second-order valence-corrected chi connectivity index (χ2v) is 5.69. The minimum Gasteiger partial charge on any atom is -0.452 e. The molecular weight excluding hydrogens is 228 g/mol. The Morgan fingerprint density at radius 1 is 1.56 bits per heavy atom.